The number of benzene rings is 1. The van der Waals surface area contributed by atoms with Crippen LogP contribution in [0.1, 0.15) is 20.8 Å². The lowest BCUT2D eigenvalue weighted by Crippen LogP contribution is -2.48. The van der Waals surface area contributed by atoms with Crippen molar-refractivity contribution in [1.29, 1.82) is 0 Å². The van der Waals surface area contributed by atoms with Crippen molar-refractivity contribution in [2.45, 2.75) is 32.9 Å². The van der Waals surface area contributed by atoms with E-state index in [-0.39, 0.29) is 17.9 Å². The van der Waals surface area contributed by atoms with Crippen molar-refractivity contribution >= 4 is 17.2 Å². The molecule has 2 heterocycles. The van der Waals surface area contributed by atoms with Crippen LogP contribution in [-0.2, 0) is 4.79 Å². The van der Waals surface area contributed by atoms with Gasteiger partial charge in [-0.3, -0.25) is 4.79 Å². The fraction of sp³-hybridized carbons (Fsp3) is 0.588. The lowest BCUT2D eigenvalue weighted by atomic mass is 10.1. The number of hydrogen-bond acceptors (Lipinski definition) is 5. The van der Waals surface area contributed by atoms with Crippen LogP contribution in [0.2, 0.25) is 0 Å². The summed E-state index contributed by atoms with van der Waals surface area (Å²) in [5.41, 5.74) is 2.25. The maximum absolute atomic E-state index is 11.9. The Balaban J connectivity index is 2.03. The van der Waals surface area contributed by atoms with Crippen LogP contribution in [-0.4, -0.2) is 50.7 Å². The van der Waals surface area contributed by atoms with Crippen LogP contribution < -0.4 is 19.9 Å². The molecule has 2 unspecified atom stereocenters. The van der Waals surface area contributed by atoms with Gasteiger partial charge in [-0.15, -0.1) is 0 Å². The number of piperazine rings is 1. The summed E-state index contributed by atoms with van der Waals surface area (Å²) in [6, 6.07) is 6.07. The molecule has 2 atom stereocenters. The largest absolute Gasteiger partial charge is 0.487 e. The molecule has 0 saturated carbocycles. The number of hydrogen-bond donors (Lipinski definition) is 1. The van der Waals surface area contributed by atoms with E-state index >= 15 is 0 Å². The highest BCUT2D eigenvalue weighted by Crippen LogP contribution is 2.42. The van der Waals surface area contributed by atoms with Crippen molar-refractivity contribution in [3.63, 3.8) is 0 Å². The van der Waals surface area contributed by atoms with Gasteiger partial charge < -0.3 is 19.9 Å². The molecule has 2 aliphatic rings. The Hall–Kier alpha value is -1.75. The van der Waals surface area contributed by atoms with E-state index in [2.05, 4.69) is 28.1 Å². The van der Waals surface area contributed by atoms with Gasteiger partial charge in [-0.25, -0.2) is 0 Å². The van der Waals surface area contributed by atoms with Crippen LogP contribution in [0.4, 0.5) is 11.4 Å². The fourth-order valence-corrected chi connectivity index (χ4v) is 3.25. The summed E-state index contributed by atoms with van der Waals surface area (Å²) >= 11 is 0. The first-order chi connectivity index (χ1) is 10.6. The zero-order chi connectivity index (χ0) is 15.7. The lowest BCUT2D eigenvalue weighted by molar-refractivity contribution is -0.118. The number of rotatable bonds is 3. The third-order valence-corrected chi connectivity index (χ3v) is 4.56. The molecule has 0 aromatic heterocycles. The smallest absolute Gasteiger partial charge is 0.151 e. The summed E-state index contributed by atoms with van der Waals surface area (Å²) in [6.45, 7) is 10.4. The van der Waals surface area contributed by atoms with Crippen molar-refractivity contribution < 1.29 is 9.53 Å². The van der Waals surface area contributed by atoms with Gasteiger partial charge in [0.2, 0.25) is 0 Å². The van der Waals surface area contributed by atoms with E-state index in [4.69, 9.17) is 4.74 Å². The van der Waals surface area contributed by atoms with Crippen LogP contribution in [0.5, 0.6) is 5.75 Å². The van der Waals surface area contributed by atoms with Gasteiger partial charge in [0.15, 0.2) is 5.78 Å². The quantitative estimate of drug-likeness (QED) is 0.920. The Morgan fingerprint density at radius 3 is 2.77 bits per heavy atom. The molecule has 1 aromatic rings. The number of carbonyl (C=O) groups excluding carboxylic acids is 1. The van der Waals surface area contributed by atoms with Crippen LogP contribution in [0, 0.1) is 0 Å². The first kappa shape index (κ1) is 15.2. The van der Waals surface area contributed by atoms with Crippen molar-refractivity contribution in [2.24, 2.45) is 0 Å². The molecule has 1 aromatic carbocycles. The summed E-state index contributed by atoms with van der Waals surface area (Å²) in [7, 11) is 0. The molecule has 0 radical (unpaired) electrons. The summed E-state index contributed by atoms with van der Waals surface area (Å²) in [5.74, 6) is 1.08. The molecule has 1 saturated heterocycles. The van der Waals surface area contributed by atoms with Crippen molar-refractivity contribution in [2.75, 3.05) is 42.5 Å². The maximum Gasteiger partial charge on any atom is 0.151 e. The van der Waals surface area contributed by atoms with Crippen molar-refractivity contribution in [1.82, 2.24) is 5.32 Å². The number of anilines is 2. The number of nitrogens with one attached hydrogen (secondary N) is 1. The predicted molar refractivity (Wildman–Crippen MR) is 89.1 cm³/mol. The maximum atomic E-state index is 11.9. The van der Waals surface area contributed by atoms with Crippen LogP contribution in [0.15, 0.2) is 18.2 Å². The van der Waals surface area contributed by atoms with Crippen LogP contribution in [0.25, 0.3) is 0 Å². The van der Waals surface area contributed by atoms with E-state index < -0.39 is 0 Å². The molecule has 22 heavy (non-hydrogen) atoms. The number of para-hydroxylation sites is 1. The minimum atomic E-state index is -0.130. The van der Waals surface area contributed by atoms with Crippen LogP contribution >= 0.6 is 0 Å². The molecule has 1 N–H and O–H groups in total. The molecule has 0 spiro atoms. The number of fused-ring (bicyclic) bond motifs is 1. The Morgan fingerprint density at radius 2 is 2.09 bits per heavy atom. The average molecular weight is 303 g/mol. The van der Waals surface area contributed by atoms with Gasteiger partial charge in [-0.2, -0.15) is 0 Å². The third-order valence-electron chi connectivity index (χ3n) is 4.56. The van der Waals surface area contributed by atoms with Crippen molar-refractivity contribution in [3.8, 4) is 5.75 Å². The zero-order valence-corrected chi connectivity index (χ0v) is 13.6. The molecule has 0 aliphatic carbocycles. The normalized spacial score (nSPS) is 22.8. The standard InChI is InChI=1S/C17H25N3O2/c1-12-11-20(13(2)14(3)21)17-15(5-4-6-16(17)22-12)19-9-7-18-8-10-19/h4-6,12-13,18H,7-11H2,1-3H3. The number of Topliss-reactive ketones (excluding diaryl/α,β-unsaturated/α-hetero) is 1. The highest BCUT2D eigenvalue weighted by molar-refractivity contribution is 5.88. The number of ketones is 1. The molecule has 0 bridgehead atoms. The van der Waals surface area contributed by atoms with E-state index in [0.29, 0.717) is 0 Å². The van der Waals surface area contributed by atoms with Crippen LogP contribution in [0.3, 0.4) is 0 Å². The number of carbonyl (C=O) groups is 1. The minimum Gasteiger partial charge on any atom is -0.487 e. The van der Waals surface area contributed by atoms with Gasteiger partial charge >= 0.3 is 0 Å². The highest BCUT2D eigenvalue weighted by atomic mass is 16.5. The van der Waals surface area contributed by atoms with E-state index in [9.17, 15) is 4.79 Å². The Labute approximate surface area is 132 Å². The number of ether oxygens (including phenoxy) is 1. The molecular weight excluding hydrogens is 278 g/mol. The van der Waals surface area contributed by atoms with Gasteiger partial charge in [0.25, 0.3) is 0 Å². The lowest BCUT2D eigenvalue weighted by Gasteiger charge is -2.41. The van der Waals surface area contributed by atoms with E-state index in [1.807, 2.05) is 19.1 Å². The summed E-state index contributed by atoms with van der Waals surface area (Å²) < 4.78 is 6.03. The third kappa shape index (κ3) is 2.77. The molecule has 0 amide bonds. The molecule has 5 heteroatoms. The fourth-order valence-electron chi connectivity index (χ4n) is 3.25. The van der Waals surface area contributed by atoms with Gasteiger partial charge in [0.1, 0.15) is 17.5 Å². The molecule has 120 valence electrons. The van der Waals surface area contributed by atoms with E-state index in [0.717, 1.165) is 44.2 Å². The second-order valence-corrected chi connectivity index (χ2v) is 6.23. The average Bonchev–Trinajstić information content (AvgIpc) is 2.53. The predicted octanol–water partition coefficient (Wildman–Crippen LogP) is 1.66. The SMILES string of the molecule is CC(=O)C(C)N1CC(C)Oc2cccc(N3CCNCC3)c21. The summed E-state index contributed by atoms with van der Waals surface area (Å²) in [5, 5.41) is 3.38. The zero-order valence-electron chi connectivity index (χ0n) is 13.6. The van der Waals surface area contributed by atoms with Gasteiger partial charge in [-0.05, 0) is 32.9 Å². The monoisotopic (exact) mass is 303 g/mol. The molecule has 3 rings (SSSR count). The first-order valence-electron chi connectivity index (χ1n) is 8.10. The molecule has 1 fully saturated rings. The number of nitrogens with zero attached hydrogens (tertiary/aromatic N) is 2. The van der Waals surface area contributed by atoms with Gasteiger partial charge in [-0.1, -0.05) is 6.07 Å². The minimum absolute atomic E-state index is 0.0903. The topological polar surface area (TPSA) is 44.8 Å². The second kappa shape index (κ2) is 6.16. The summed E-state index contributed by atoms with van der Waals surface area (Å²) in [6.07, 6.45) is 0.0903. The van der Waals surface area contributed by atoms with Gasteiger partial charge in [0, 0.05) is 26.2 Å². The summed E-state index contributed by atoms with van der Waals surface area (Å²) in [4.78, 5) is 16.5. The van der Waals surface area contributed by atoms with E-state index in [1.54, 1.807) is 6.92 Å². The Bertz CT molecular complexity index is 555. The first-order valence-corrected chi connectivity index (χ1v) is 8.10. The van der Waals surface area contributed by atoms with Gasteiger partial charge in [0.05, 0.1) is 18.3 Å². The molecule has 5 nitrogen and oxygen atoms in total. The second-order valence-electron chi connectivity index (χ2n) is 6.23. The molecule has 2 aliphatic heterocycles. The highest BCUT2D eigenvalue weighted by Gasteiger charge is 2.32. The van der Waals surface area contributed by atoms with E-state index in [1.165, 1.54) is 5.69 Å². The molecular formula is C17H25N3O2. The Kier molecular flexibility index (Phi) is 4.25. The Morgan fingerprint density at radius 1 is 1.36 bits per heavy atom. The van der Waals surface area contributed by atoms with Crippen molar-refractivity contribution in [3.05, 3.63) is 18.2 Å².